The van der Waals surface area contributed by atoms with Crippen molar-refractivity contribution in [3.8, 4) is 5.82 Å². The molecule has 4 aromatic rings. The number of hydrogen-bond acceptors (Lipinski definition) is 5. The van der Waals surface area contributed by atoms with Crippen LogP contribution >= 0.6 is 0 Å². The van der Waals surface area contributed by atoms with Gasteiger partial charge in [-0.1, -0.05) is 6.07 Å². The van der Waals surface area contributed by atoms with Crippen LogP contribution in [0.15, 0.2) is 61.3 Å². The smallest absolute Gasteiger partial charge is 0.224 e. The van der Waals surface area contributed by atoms with Crippen LogP contribution in [-0.2, 0) is 6.42 Å². The maximum atomic E-state index is 4.57. The largest absolute Gasteiger partial charge is 0.354 e. The van der Waals surface area contributed by atoms with Crippen molar-refractivity contribution in [2.45, 2.75) is 6.42 Å². The molecule has 0 fully saturated rings. The predicted molar refractivity (Wildman–Crippen MR) is 86.5 cm³/mol. The Labute approximate surface area is 132 Å². The van der Waals surface area contributed by atoms with Crippen LogP contribution < -0.4 is 5.32 Å². The number of imidazole rings is 1. The van der Waals surface area contributed by atoms with Gasteiger partial charge in [-0.2, -0.15) is 10.1 Å². The molecule has 23 heavy (non-hydrogen) atoms. The van der Waals surface area contributed by atoms with Crippen molar-refractivity contribution in [2.24, 2.45) is 0 Å². The monoisotopic (exact) mass is 305 g/mol. The van der Waals surface area contributed by atoms with Gasteiger partial charge in [-0.25, -0.2) is 14.6 Å². The topological polar surface area (TPSA) is 72.9 Å². The zero-order chi connectivity index (χ0) is 15.5. The Morgan fingerprint density at radius 1 is 1.00 bits per heavy atom. The average Bonchev–Trinajstić information content (AvgIpc) is 3.24. The number of fused-ring (bicyclic) bond motifs is 1. The molecular weight excluding hydrogens is 290 g/mol. The summed E-state index contributed by atoms with van der Waals surface area (Å²) in [5.41, 5.74) is 1.99. The van der Waals surface area contributed by atoms with Crippen molar-refractivity contribution in [1.82, 2.24) is 29.1 Å². The summed E-state index contributed by atoms with van der Waals surface area (Å²) < 4.78 is 3.72. The van der Waals surface area contributed by atoms with E-state index >= 15 is 0 Å². The molecule has 4 rings (SSSR count). The Balaban J connectivity index is 1.42. The molecule has 0 atom stereocenters. The third-order valence-corrected chi connectivity index (χ3v) is 3.46. The maximum absolute atomic E-state index is 4.57. The van der Waals surface area contributed by atoms with Crippen LogP contribution in [-0.4, -0.2) is 35.7 Å². The second-order valence-corrected chi connectivity index (χ2v) is 5.06. The lowest BCUT2D eigenvalue weighted by Crippen LogP contribution is -2.09. The van der Waals surface area contributed by atoms with E-state index in [0.717, 1.165) is 23.6 Å². The molecule has 4 aromatic heterocycles. The minimum absolute atomic E-state index is 0.585. The van der Waals surface area contributed by atoms with Crippen LogP contribution in [0.3, 0.4) is 0 Å². The van der Waals surface area contributed by atoms with E-state index in [1.54, 1.807) is 17.1 Å². The number of nitrogens with zero attached hydrogens (tertiary/aromatic N) is 6. The molecule has 0 saturated carbocycles. The van der Waals surface area contributed by atoms with Crippen molar-refractivity contribution in [3.63, 3.8) is 0 Å². The highest BCUT2D eigenvalue weighted by molar-refractivity contribution is 5.39. The molecule has 0 aromatic carbocycles. The van der Waals surface area contributed by atoms with Crippen molar-refractivity contribution in [1.29, 1.82) is 0 Å². The van der Waals surface area contributed by atoms with E-state index in [0.29, 0.717) is 12.5 Å². The number of anilines is 1. The van der Waals surface area contributed by atoms with E-state index in [-0.39, 0.29) is 0 Å². The molecule has 0 unspecified atom stereocenters. The Kier molecular flexibility index (Phi) is 3.44. The minimum atomic E-state index is 0.585. The minimum Gasteiger partial charge on any atom is -0.354 e. The fraction of sp³-hybridized carbons (Fsp3) is 0.125. The van der Waals surface area contributed by atoms with E-state index < -0.39 is 0 Å². The molecule has 114 valence electrons. The highest BCUT2D eigenvalue weighted by atomic mass is 15.3. The van der Waals surface area contributed by atoms with Gasteiger partial charge in [-0.15, -0.1) is 0 Å². The average molecular weight is 305 g/mol. The number of aromatic nitrogens is 6. The fourth-order valence-electron chi connectivity index (χ4n) is 2.38. The number of nitrogens with one attached hydrogen (secondary N) is 1. The van der Waals surface area contributed by atoms with Crippen molar-refractivity contribution in [3.05, 3.63) is 67.0 Å². The van der Waals surface area contributed by atoms with Crippen molar-refractivity contribution < 1.29 is 0 Å². The summed E-state index contributed by atoms with van der Waals surface area (Å²) in [6, 6.07) is 9.65. The molecule has 7 nitrogen and oxygen atoms in total. The third kappa shape index (κ3) is 2.89. The SMILES string of the molecule is c1ccn2cc(CCNc3nccc(-n4cccn4)n3)nc2c1. The first-order chi connectivity index (χ1) is 11.4. The Morgan fingerprint density at radius 3 is 2.87 bits per heavy atom. The second-order valence-electron chi connectivity index (χ2n) is 5.06. The van der Waals surface area contributed by atoms with Crippen molar-refractivity contribution in [2.75, 3.05) is 11.9 Å². The number of pyridine rings is 1. The van der Waals surface area contributed by atoms with Crippen molar-refractivity contribution >= 4 is 11.6 Å². The number of rotatable bonds is 5. The molecule has 0 radical (unpaired) electrons. The summed E-state index contributed by atoms with van der Waals surface area (Å²) in [5, 5.41) is 7.39. The van der Waals surface area contributed by atoms with Gasteiger partial charge in [0.25, 0.3) is 0 Å². The molecule has 0 amide bonds. The summed E-state index contributed by atoms with van der Waals surface area (Å²) in [5.74, 6) is 1.32. The second kappa shape index (κ2) is 5.88. The molecule has 0 bridgehead atoms. The number of hydrogen-bond donors (Lipinski definition) is 1. The summed E-state index contributed by atoms with van der Waals surface area (Å²) in [7, 11) is 0. The van der Waals surface area contributed by atoms with E-state index in [1.165, 1.54) is 0 Å². The van der Waals surface area contributed by atoms with Gasteiger partial charge in [-0.05, 0) is 18.2 Å². The van der Waals surface area contributed by atoms with E-state index in [1.807, 2.05) is 53.3 Å². The van der Waals surface area contributed by atoms with Crippen LogP contribution in [0.4, 0.5) is 5.95 Å². The van der Waals surface area contributed by atoms with Crippen LogP contribution in [0.25, 0.3) is 11.5 Å². The van der Waals surface area contributed by atoms with Crippen LogP contribution in [0.2, 0.25) is 0 Å². The van der Waals surface area contributed by atoms with E-state index in [2.05, 4.69) is 25.4 Å². The predicted octanol–water partition coefficient (Wildman–Crippen LogP) is 1.96. The Bertz CT molecular complexity index is 878. The van der Waals surface area contributed by atoms with Gasteiger partial charge in [0.05, 0.1) is 5.69 Å². The lowest BCUT2D eigenvalue weighted by Gasteiger charge is -2.05. The zero-order valence-electron chi connectivity index (χ0n) is 12.4. The Morgan fingerprint density at radius 2 is 2.00 bits per heavy atom. The van der Waals surface area contributed by atoms with Gasteiger partial charge in [0.2, 0.25) is 5.95 Å². The van der Waals surface area contributed by atoms with Gasteiger partial charge in [0.15, 0.2) is 5.82 Å². The molecule has 0 spiro atoms. The first kappa shape index (κ1) is 13.4. The van der Waals surface area contributed by atoms with Gasteiger partial charge >= 0.3 is 0 Å². The summed E-state index contributed by atoms with van der Waals surface area (Å²) >= 11 is 0. The van der Waals surface area contributed by atoms with Crippen LogP contribution in [0.5, 0.6) is 0 Å². The standard InChI is InChI=1S/C16H15N7/c1-2-10-22-12-13(20-14(22)4-1)5-8-17-16-18-9-6-15(21-16)23-11-3-7-19-23/h1-4,6-7,9-12H,5,8H2,(H,17,18,21). The lowest BCUT2D eigenvalue weighted by molar-refractivity contribution is 0.837. The van der Waals surface area contributed by atoms with Crippen LogP contribution in [0, 0.1) is 0 Å². The first-order valence-electron chi connectivity index (χ1n) is 7.38. The Hall–Kier alpha value is -3.22. The normalized spacial score (nSPS) is 11.0. The molecule has 0 saturated heterocycles. The molecule has 4 heterocycles. The molecule has 1 N–H and O–H groups in total. The van der Waals surface area contributed by atoms with Gasteiger partial charge in [0.1, 0.15) is 5.65 Å². The fourth-order valence-corrected chi connectivity index (χ4v) is 2.38. The lowest BCUT2D eigenvalue weighted by atomic mass is 10.3. The van der Waals surface area contributed by atoms with Gasteiger partial charge in [0, 0.05) is 50.0 Å². The molecule has 7 heteroatoms. The summed E-state index contributed by atoms with van der Waals surface area (Å²) in [6.07, 6.45) is 10.1. The first-order valence-corrected chi connectivity index (χ1v) is 7.38. The summed E-state index contributed by atoms with van der Waals surface area (Å²) in [6.45, 7) is 0.715. The molecule has 0 aliphatic heterocycles. The summed E-state index contributed by atoms with van der Waals surface area (Å²) in [4.78, 5) is 13.2. The zero-order valence-corrected chi connectivity index (χ0v) is 12.4. The van der Waals surface area contributed by atoms with Gasteiger partial charge < -0.3 is 9.72 Å². The quantitative estimate of drug-likeness (QED) is 0.610. The van der Waals surface area contributed by atoms with Crippen LogP contribution in [0.1, 0.15) is 5.69 Å². The molecular formula is C16H15N7. The molecule has 0 aliphatic rings. The maximum Gasteiger partial charge on any atom is 0.224 e. The van der Waals surface area contributed by atoms with E-state index in [9.17, 15) is 0 Å². The van der Waals surface area contributed by atoms with Gasteiger partial charge in [-0.3, -0.25) is 0 Å². The highest BCUT2D eigenvalue weighted by Gasteiger charge is 2.03. The van der Waals surface area contributed by atoms with E-state index in [4.69, 9.17) is 0 Å². The third-order valence-electron chi connectivity index (χ3n) is 3.46. The molecule has 0 aliphatic carbocycles. The highest BCUT2D eigenvalue weighted by Crippen LogP contribution is 2.07.